The fourth-order valence-corrected chi connectivity index (χ4v) is 4.94. The number of amides is 1. The van der Waals surface area contributed by atoms with Crippen molar-refractivity contribution in [2.45, 2.75) is 39.5 Å². The van der Waals surface area contributed by atoms with Crippen LogP contribution in [0.3, 0.4) is 0 Å². The van der Waals surface area contributed by atoms with Gasteiger partial charge < -0.3 is 14.5 Å². The second kappa shape index (κ2) is 10.4. The van der Waals surface area contributed by atoms with Crippen LogP contribution in [0.25, 0.3) is 0 Å². The molecule has 6 heteroatoms. The van der Waals surface area contributed by atoms with E-state index >= 15 is 0 Å². The smallest absolute Gasteiger partial charge is 0.268 e. The summed E-state index contributed by atoms with van der Waals surface area (Å²) in [5.74, 6) is 0.997. The number of aryl methyl sites for hydroxylation is 1. The van der Waals surface area contributed by atoms with Crippen LogP contribution in [0.4, 0.5) is 5.69 Å². The first kappa shape index (κ1) is 21.3. The number of anilines is 1. The Labute approximate surface area is 180 Å². The molecule has 0 radical (unpaired) electrons. The van der Waals surface area contributed by atoms with E-state index in [1.165, 1.54) is 16.9 Å². The second-order valence-electron chi connectivity index (χ2n) is 7.04. The number of rotatable bonds is 9. The lowest BCUT2D eigenvalue weighted by Gasteiger charge is -2.29. The molecule has 2 aromatic rings. The summed E-state index contributed by atoms with van der Waals surface area (Å²) in [6.07, 6.45) is 4.20. The Balaban J connectivity index is 1.57. The maximum absolute atomic E-state index is 12.9. The van der Waals surface area contributed by atoms with Crippen molar-refractivity contribution in [1.29, 1.82) is 0 Å². The number of thiophene rings is 1. The van der Waals surface area contributed by atoms with Crippen LogP contribution in [0.5, 0.6) is 5.75 Å². The minimum atomic E-state index is 0.0849. The van der Waals surface area contributed by atoms with Crippen LogP contribution in [-0.4, -0.2) is 43.6 Å². The zero-order valence-electron chi connectivity index (χ0n) is 16.7. The van der Waals surface area contributed by atoms with Crippen LogP contribution in [-0.2, 0) is 6.42 Å². The highest BCUT2D eigenvalue weighted by Crippen LogP contribution is 2.33. The maximum Gasteiger partial charge on any atom is 0.268 e. The molecule has 3 rings (SSSR count). The van der Waals surface area contributed by atoms with Crippen molar-refractivity contribution in [3.63, 3.8) is 0 Å². The van der Waals surface area contributed by atoms with Gasteiger partial charge in [0.1, 0.15) is 5.75 Å². The third-order valence-corrected chi connectivity index (χ3v) is 6.84. The van der Waals surface area contributed by atoms with E-state index in [2.05, 4.69) is 40.7 Å². The van der Waals surface area contributed by atoms with Crippen molar-refractivity contribution in [2.24, 2.45) is 0 Å². The van der Waals surface area contributed by atoms with E-state index in [9.17, 15) is 4.79 Å². The molecule has 0 fully saturated rings. The molecule has 1 aliphatic rings. The van der Waals surface area contributed by atoms with Crippen molar-refractivity contribution < 1.29 is 9.53 Å². The van der Waals surface area contributed by atoms with Gasteiger partial charge in [-0.1, -0.05) is 13.8 Å². The Morgan fingerprint density at radius 3 is 2.75 bits per heavy atom. The highest BCUT2D eigenvalue weighted by atomic mass is 79.9. The van der Waals surface area contributed by atoms with Gasteiger partial charge in [-0.05, 0) is 97.1 Å². The minimum absolute atomic E-state index is 0.0849. The van der Waals surface area contributed by atoms with E-state index < -0.39 is 0 Å². The van der Waals surface area contributed by atoms with Gasteiger partial charge in [0.2, 0.25) is 0 Å². The van der Waals surface area contributed by atoms with E-state index in [1.807, 2.05) is 29.2 Å². The monoisotopic (exact) mass is 464 g/mol. The van der Waals surface area contributed by atoms with Gasteiger partial charge in [-0.25, -0.2) is 0 Å². The van der Waals surface area contributed by atoms with Crippen molar-refractivity contribution >= 4 is 38.9 Å². The first-order valence-electron chi connectivity index (χ1n) is 10.2. The van der Waals surface area contributed by atoms with Crippen molar-refractivity contribution in [2.75, 3.05) is 37.7 Å². The summed E-state index contributed by atoms with van der Waals surface area (Å²) in [4.78, 5) is 18.0. The van der Waals surface area contributed by atoms with Crippen LogP contribution in [0, 0.1) is 0 Å². The van der Waals surface area contributed by atoms with Crippen molar-refractivity contribution in [1.82, 2.24) is 4.90 Å². The molecule has 0 bridgehead atoms. The quantitative estimate of drug-likeness (QED) is 0.452. The van der Waals surface area contributed by atoms with Gasteiger partial charge in [0, 0.05) is 12.2 Å². The lowest BCUT2D eigenvalue weighted by Crippen LogP contribution is -2.35. The van der Waals surface area contributed by atoms with Gasteiger partial charge in [0.25, 0.3) is 5.91 Å². The van der Waals surface area contributed by atoms with Gasteiger partial charge >= 0.3 is 0 Å². The van der Waals surface area contributed by atoms with Crippen LogP contribution in [0.2, 0.25) is 0 Å². The fourth-order valence-electron chi connectivity index (χ4n) is 3.60. The second-order valence-corrected chi connectivity index (χ2v) is 9.50. The minimum Gasteiger partial charge on any atom is -0.494 e. The molecule has 1 aromatic carbocycles. The SMILES string of the molecule is CCN(CC)CCCCOc1ccc2c(c1)CCCN2C(=O)c1ccc(Br)s1. The normalized spacial score (nSPS) is 13.6. The van der Waals surface area contributed by atoms with Crippen molar-refractivity contribution in [3.8, 4) is 5.75 Å². The molecule has 0 saturated heterocycles. The maximum atomic E-state index is 12.9. The van der Waals surface area contributed by atoms with Crippen LogP contribution in [0.1, 0.15) is 48.3 Å². The molecule has 0 atom stereocenters. The molecule has 0 unspecified atom stereocenters. The van der Waals surface area contributed by atoms with Gasteiger partial charge in [-0.15, -0.1) is 11.3 Å². The third kappa shape index (κ3) is 5.37. The first-order valence-corrected chi connectivity index (χ1v) is 11.8. The largest absolute Gasteiger partial charge is 0.494 e. The Hall–Kier alpha value is -1.37. The number of fused-ring (bicyclic) bond motifs is 1. The molecule has 0 N–H and O–H groups in total. The summed E-state index contributed by atoms with van der Waals surface area (Å²) in [6, 6.07) is 9.98. The topological polar surface area (TPSA) is 32.8 Å². The summed E-state index contributed by atoms with van der Waals surface area (Å²) in [5, 5.41) is 0. The fraction of sp³-hybridized carbons (Fsp3) is 0.500. The summed E-state index contributed by atoms with van der Waals surface area (Å²) < 4.78 is 6.96. The molecule has 0 aliphatic carbocycles. The number of hydrogen-bond acceptors (Lipinski definition) is 4. The molecule has 152 valence electrons. The molecular formula is C22H29BrN2O2S. The molecule has 1 aliphatic heterocycles. The number of nitrogens with zero attached hydrogens (tertiary/aromatic N) is 2. The molecule has 1 aromatic heterocycles. The highest BCUT2D eigenvalue weighted by molar-refractivity contribution is 9.11. The molecule has 4 nitrogen and oxygen atoms in total. The molecule has 0 saturated carbocycles. The Bertz CT molecular complexity index is 789. The summed E-state index contributed by atoms with van der Waals surface area (Å²) in [7, 11) is 0. The van der Waals surface area contributed by atoms with Gasteiger partial charge in [0.05, 0.1) is 15.3 Å². The summed E-state index contributed by atoms with van der Waals surface area (Å²) >= 11 is 4.93. The van der Waals surface area contributed by atoms with Crippen molar-refractivity contribution in [3.05, 3.63) is 44.6 Å². The zero-order chi connectivity index (χ0) is 19.9. The predicted octanol–water partition coefficient (Wildman–Crippen LogP) is 5.60. The highest BCUT2D eigenvalue weighted by Gasteiger charge is 2.25. The standard InChI is InChI=1S/C22H29BrN2O2S/c1-3-24(4-2)13-5-6-15-27-18-9-10-19-17(16-18)8-7-14-25(19)22(26)20-11-12-21(23)28-20/h9-12,16H,3-8,13-15H2,1-2H3. The average Bonchev–Trinajstić information content (AvgIpc) is 3.16. The number of ether oxygens (including phenoxy) is 1. The number of halogens is 1. The number of unbranched alkanes of at least 4 members (excludes halogenated alkanes) is 1. The molecule has 1 amide bonds. The molecule has 2 heterocycles. The van der Waals surface area contributed by atoms with Gasteiger partial charge in [-0.2, -0.15) is 0 Å². The van der Waals surface area contributed by atoms with Crippen LogP contribution in [0.15, 0.2) is 34.1 Å². The van der Waals surface area contributed by atoms with Crippen LogP contribution >= 0.6 is 27.3 Å². The Kier molecular flexibility index (Phi) is 7.94. The van der Waals surface area contributed by atoms with E-state index in [-0.39, 0.29) is 5.91 Å². The zero-order valence-corrected chi connectivity index (χ0v) is 19.2. The molecule has 0 spiro atoms. The number of carbonyl (C=O) groups excluding carboxylic acids is 1. The van der Waals surface area contributed by atoms with Gasteiger partial charge in [0.15, 0.2) is 0 Å². The summed E-state index contributed by atoms with van der Waals surface area (Å²) in [6.45, 7) is 9.28. The number of carbonyl (C=O) groups is 1. The lowest BCUT2D eigenvalue weighted by atomic mass is 10.0. The molecule has 28 heavy (non-hydrogen) atoms. The number of hydrogen-bond donors (Lipinski definition) is 0. The first-order chi connectivity index (χ1) is 13.6. The summed E-state index contributed by atoms with van der Waals surface area (Å²) in [5.41, 5.74) is 2.23. The van der Waals surface area contributed by atoms with E-state index in [0.29, 0.717) is 0 Å². The van der Waals surface area contributed by atoms with E-state index in [1.54, 1.807) is 0 Å². The van der Waals surface area contributed by atoms with E-state index in [4.69, 9.17) is 4.74 Å². The van der Waals surface area contributed by atoms with Crippen LogP contribution < -0.4 is 9.64 Å². The Morgan fingerprint density at radius 2 is 2.04 bits per heavy atom. The van der Waals surface area contributed by atoms with Gasteiger partial charge in [-0.3, -0.25) is 4.79 Å². The third-order valence-electron chi connectivity index (χ3n) is 5.23. The number of benzene rings is 1. The lowest BCUT2D eigenvalue weighted by molar-refractivity contribution is 0.0989. The molecular weight excluding hydrogens is 436 g/mol. The average molecular weight is 465 g/mol. The Morgan fingerprint density at radius 1 is 1.21 bits per heavy atom. The van der Waals surface area contributed by atoms with E-state index in [0.717, 1.165) is 78.6 Å². The predicted molar refractivity (Wildman–Crippen MR) is 121 cm³/mol.